The Morgan fingerprint density at radius 2 is 1.96 bits per heavy atom. The van der Waals surface area contributed by atoms with Crippen LogP contribution in [0.25, 0.3) is 0 Å². The fourth-order valence-electron chi connectivity index (χ4n) is 2.06. The minimum absolute atomic E-state index is 0.0100. The summed E-state index contributed by atoms with van der Waals surface area (Å²) in [6.07, 6.45) is 0. The first-order valence-corrected chi connectivity index (χ1v) is 10.0. The molecule has 4 N–H and O–H groups in total. The van der Waals surface area contributed by atoms with Crippen LogP contribution in [0, 0.1) is 0 Å². The summed E-state index contributed by atoms with van der Waals surface area (Å²) in [4.78, 5) is 27.0. The summed E-state index contributed by atoms with van der Waals surface area (Å²) in [6.45, 7) is 2.19. The van der Waals surface area contributed by atoms with Gasteiger partial charge in [0, 0.05) is 6.07 Å². The number of esters is 1. The van der Waals surface area contributed by atoms with Gasteiger partial charge in [0.1, 0.15) is 5.82 Å². The van der Waals surface area contributed by atoms with E-state index < -0.39 is 21.6 Å². The summed E-state index contributed by atoms with van der Waals surface area (Å²) in [7, 11) is -3.78. The smallest absolute Gasteiger partial charge is 0.316 e. The Balaban J connectivity index is 2.27. The van der Waals surface area contributed by atoms with Gasteiger partial charge >= 0.3 is 5.97 Å². The Kier molecular flexibility index (Phi) is 6.40. The lowest BCUT2D eigenvalue weighted by atomic mass is 10.2. The van der Waals surface area contributed by atoms with E-state index in [1.54, 1.807) is 23.6 Å². The molecule has 0 fully saturated rings. The van der Waals surface area contributed by atoms with E-state index in [0.717, 1.165) is 11.8 Å². The lowest BCUT2D eigenvalue weighted by Gasteiger charge is -2.14. The van der Waals surface area contributed by atoms with E-state index in [0.29, 0.717) is 5.56 Å². The van der Waals surface area contributed by atoms with Crippen LogP contribution in [0.3, 0.4) is 0 Å². The highest BCUT2D eigenvalue weighted by Crippen LogP contribution is 2.20. The molecule has 0 radical (unpaired) electrons. The van der Waals surface area contributed by atoms with Crippen LogP contribution >= 0.6 is 11.8 Å². The molecule has 2 rings (SSSR count). The van der Waals surface area contributed by atoms with E-state index >= 15 is 0 Å². The molecule has 11 heteroatoms. The topological polar surface area (TPSA) is 147 Å². The minimum Gasteiger partial charge on any atom is -0.465 e. The highest BCUT2D eigenvalue weighted by molar-refractivity contribution is 7.99. The maximum absolute atomic E-state index is 11.6. The highest BCUT2D eigenvalue weighted by atomic mass is 32.2. The van der Waals surface area contributed by atoms with Crippen molar-refractivity contribution in [3.05, 3.63) is 46.2 Å². The molecule has 0 unspecified atom stereocenters. The van der Waals surface area contributed by atoms with Gasteiger partial charge in [-0.25, -0.2) is 13.6 Å². The van der Waals surface area contributed by atoms with Gasteiger partial charge in [-0.15, -0.1) is 0 Å². The zero-order chi connectivity index (χ0) is 19.3. The van der Waals surface area contributed by atoms with Gasteiger partial charge in [0.15, 0.2) is 5.16 Å². The SMILES string of the molecule is CCOC(=O)CSc1nc(=O)cc(N)n1Cc1ccc(S(N)(=O)=O)cc1. The van der Waals surface area contributed by atoms with Crippen LogP contribution < -0.4 is 16.4 Å². The summed E-state index contributed by atoms with van der Waals surface area (Å²) < 4.78 is 29.0. The van der Waals surface area contributed by atoms with E-state index in [9.17, 15) is 18.0 Å². The zero-order valence-electron chi connectivity index (χ0n) is 13.9. The highest BCUT2D eigenvalue weighted by Gasteiger charge is 2.13. The molecule has 1 aromatic heterocycles. The molecular weight excluding hydrogens is 380 g/mol. The van der Waals surface area contributed by atoms with Crippen molar-refractivity contribution in [1.82, 2.24) is 9.55 Å². The summed E-state index contributed by atoms with van der Waals surface area (Å²) >= 11 is 1.03. The molecule has 26 heavy (non-hydrogen) atoms. The number of carbonyl (C=O) groups is 1. The zero-order valence-corrected chi connectivity index (χ0v) is 15.5. The van der Waals surface area contributed by atoms with Crippen molar-refractivity contribution in [3.8, 4) is 0 Å². The quantitative estimate of drug-likeness (QED) is 0.381. The van der Waals surface area contributed by atoms with Crippen LogP contribution in [0.4, 0.5) is 5.82 Å². The second kappa shape index (κ2) is 8.34. The lowest BCUT2D eigenvalue weighted by Crippen LogP contribution is -2.19. The number of nitrogens with two attached hydrogens (primary N) is 2. The Bertz CT molecular complexity index is 955. The molecule has 0 amide bonds. The third-order valence-electron chi connectivity index (χ3n) is 3.24. The van der Waals surface area contributed by atoms with Crippen LogP contribution in [0.2, 0.25) is 0 Å². The molecule has 9 nitrogen and oxygen atoms in total. The average molecular weight is 398 g/mol. The monoisotopic (exact) mass is 398 g/mol. The molecule has 2 aromatic rings. The lowest BCUT2D eigenvalue weighted by molar-refractivity contribution is -0.139. The number of aromatic nitrogens is 2. The standard InChI is InChI=1S/C15H18N4O5S2/c1-2-24-14(21)9-25-15-18-13(20)7-12(16)19(15)8-10-3-5-11(6-4-10)26(17,22)23/h3-7H,2,8-9,16H2,1H3,(H2,17,22,23). The number of benzene rings is 1. The van der Waals surface area contributed by atoms with Gasteiger partial charge in [-0.05, 0) is 24.6 Å². The third-order valence-corrected chi connectivity index (χ3v) is 5.12. The molecular formula is C15H18N4O5S2. The first-order valence-electron chi connectivity index (χ1n) is 7.48. The second-order valence-corrected chi connectivity index (χ2v) is 7.67. The molecule has 0 aliphatic heterocycles. The van der Waals surface area contributed by atoms with Crippen molar-refractivity contribution >= 4 is 33.6 Å². The summed E-state index contributed by atoms with van der Waals surface area (Å²) in [5.41, 5.74) is 6.11. The predicted molar refractivity (Wildman–Crippen MR) is 97.2 cm³/mol. The van der Waals surface area contributed by atoms with Crippen LogP contribution in [0.1, 0.15) is 12.5 Å². The Morgan fingerprint density at radius 1 is 1.31 bits per heavy atom. The van der Waals surface area contributed by atoms with Gasteiger partial charge in [-0.1, -0.05) is 23.9 Å². The summed E-state index contributed by atoms with van der Waals surface area (Å²) in [5.74, 6) is -0.279. The molecule has 0 spiro atoms. The maximum Gasteiger partial charge on any atom is 0.316 e. The number of ether oxygens (including phenoxy) is 1. The average Bonchev–Trinajstić information content (AvgIpc) is 2.55. The molecule has 0 saturated carbocycles. The number of thioether (sulfide) groups is 1. The number of carbonyl (C=O) groups excluding carboxylic acids is 1. The van der Waals surface area contributed by atoms with E-state index in [-0.39, 0.29) is 34.8 Å². The third kappa shape index (κ3) is 5.31. The van der Waals surface area contributed by atoms with Crippen LogP contribution in [0.15, 0.2) is 45.2 Å². The van der Waals surface area contributed by atoms with E-state index in [1.807, 2.05) is 0 Å². The van der Waals surface area contributed by atoms with Gasteiger partial charge in [-0.2, -0.15) is 4.98 Å². The number of hydrogen-bond acceptors (Lipinski definition) is 8. The number of hydrogen-bond donors (Lipinski definition) is 2. The van der Waals surface area contributed by atoms with Gasteiger partial charge in [-0.3, -0.25) is 9.59 Å². The summed E-state index contributed by atoms with van der Waals surface area (Å²) in [5, 5.41) is 5.33. The van der Waals surface area contributed by atoms with Crippen LogP contribution in [-0.4, -0.2) is 36.3 Å². The van der Waals surface area contributed by atoms with Crippen molar-refractivity contribution in [2.75, 3.05) is 18.1 Å². The molecule has 140 valence electrons. The normalized spacial score (nSPS) is 11.3. The number of nitrogens with zero attached hydrogens (tertiary/aromatic N) is 2. The van der Waals surface area contributed by atoms with Crippen molar-refractivity contribution in [3.63, 3.8) is 0 Å². The Labute approximate surface area is 154 Å². The number of rotatable bonds is 7. The molecule has 0 aliphatic rings. The van der Waals surface area contributed by atoms with Crippen LogP contribution in [-0.2, 0) is 26.1 Å². The second-order valence-electron chi connectivity index (χ2n) is 5.17. The van der Waals surface area contributed by atoms with E-state index in [2.05, 4.69) is 4.98 Å². The van der Waals surface area contributed by atoms with Crippen molar-refractivity contribution in [2.24, 2.45) is 5.14 Å². The summed E-state index contributed by atoms with van der Waals surface area (Å²) in [6, 6.07) is 7.09. The van der Waals surface area contributed by atoms with E-state index in [1.165, 1.54) is 18.2 Å². The van der Waals surface area contributed by atoms with Gasteiger partial charge in [0.2, 0.25) is 10.0 Å². The molecule has 0 atom stereocenters. The van der Waals surface area contributed by atoms with Crippen molar-refractivity contribution in [1.29, 1.82) is 0 Å². The number of primary sulfonamides is 1. The fraction of sp³-hybridized carbons (Fsp3) is 0.267. The number of anilines is 1. The minimum atomic E-state index is -3.78. The molecule has 1 heterocycles. The largest absolute Gasteiger partial charge is 0.465 e. The number of nitrogen functional groups attached to an aromatic ring is 1. The predicted octanol–water partition coefficient (Wildman–Crippen LogP) is 0.176. The van der Waals surface area contributed by atoms with Gasteiger partial charge in [0.25, 0.3) is 5.56 Å². The Morgan fingerprint density at radius 3 is 2.54 bits per heavy atom. The van der Waals surface area contributed by atoms with Gasteiger partial charge < -0.3 is 15.0 Å². The molecule has 1 aromatic carbocycles. The maximum atomic E-state index is 11.6. The fourth-order valence-corrected chi connectivity index (χ4v) is 3.39. The molecule has 0 saturated heterocycles. The molecule has 0 bridgehead atoms. The first-order chi connectivity index (χ1) is 12.2. The van der Waals surface area contributed by atoms with Gasteiger partial charge in [0.05, 0.1) is 23.8 Å². The van der Waals surface area contributed by atoms with Crippen LogP contribution in [0.5, 0.6) is 0 Å². The van der Waals surface area contributed by atoms with Crippen molar-refractivity contribution in [2.45, 2.75) is 23.5 Å². The van der Waals surface area contributed by atoms with E-state index in [4.69, 9.17) is 15.6 Å². The number of sulfonamides is 1. The first kappa shape index (κ1) is 19.9. The molecule has 0 aliphatic carbocycles. The Hall–Kier alpha value is -2.37. The van der Waals surface area contributed by atoms with Crippen molar-refractivity contribution < 1.29 is 17.9 Å².